The van der Waals surface area contributed by atoms with Gasteiger partial charge in [-0.2, -0.15) is 4.80 Å². The monoisotopic (exact) mass is 574 g/mol. The fourth-order valence-electron chi connectivity index (χ4n) is 6.69. The highest BCUT2D eigenvalue weighted by atomic mass is 15.5. The molecule has 0 bridgehead atoms. The first-order chi connectivity index (χ1) is 22.3. The molecule has 4 heteroatoms. The summed E-state index contributed by atoms with van der Waals surface area (Å²) in [6.07, 6.45) is 3.62. The van der Waals surface area contributed by atoms with Gasteiger partial charge in [0.2, 0.25) is 0 Å². The Morgan fingerprint density at radius 1 is 0.400 bits per heavy atom. The van der Waals surface area contributed by atoms with Crippen molar-refractivity contribution in [3.8, 4) is 39.1 Å². The molecule has 0 fully saturated rings. The van der Waals surface area contributed by atoms with Crippen molar-refractivity contribution in [2.24, 2.45) is 0 Å². The summed E-state index contributed by atoms with van der Waals surface area (Å²) in [5.41, 5.74) is 9.75. The molecule has 7 aromatic carbocycles. The molecule has 45 heavy (non-hydrogen) atoms. The topological polar surface area (TPSA) is 43.6 Å². The Bertz CT molecular complexity index is 2470. The van der Waals surface area contributed by atoms with Crippen LogP contribution in [0.4, 0.5) is 0 Å². The Labute approximate surface area is 259 Å². The predicted octanol–water partition coefficient (Wildman–Crippen LogP) is 10.3. The van der Waals surface area contributed by atoms with Crippen LogP contribution >= 0.6 is 0 Å². The minimum atomic E-state index is 0.858. The van der Waals surface area contributed by atoms with Crippen LogP contribution in [0.15, 0.2) is 158 Å². The summed E-state index contributed by atoms with van der Waals surface area (Å²) in [5.74, 6) is 0. The van der Waals surface area contributed by atoms with Gasteiger partial charge < -0.3 is 0 Å². The van der Waals surface area contributed by atoms with Gasteiger partial charge in [0.25, 0.3) is 0 Å². The van der Waals surface area contributed by atoms with Crippen molar-refractivity contribution >= 4 is 43.4 Å². The SMILES string of the molecule is c1ccc2c(-c3c4ccccc4c(-c4ccc5nn(-c6ccc(-c7ccncc7)cc6)nc5c4)c4ccccc34)cccc2c1. The molecule has 2 aromatic heterocycles. The summed E-state index contributed by atoms with van der Waals surface area (Å²) in [4.78, 5) is 5.85. The normalized spacial score (nSPS) is 11.6. The minimum absolute atomic E-state index is 0.858. The third-order valence-corrected chi connectivity index (χ3v) is 8.77. The van der Waals surface area contributed by atoms with Crippen LogP contribution in [0.25, 0.3) is 82.4 Å². The van der Waals surface area contributed by atoms with E-state index in [0.29, 0.717) is 0 Å². The molecule has 0 atom stereocenters. The maximum absolute atomic E-state index is 4.93. The molecule has 0 N–H and O–H groups in total. The molecule has 0 unspecified atom stereocenters. The predicted molar refractivity (Wildman–Crippen MR) is 185 cm³/mol. The lowest BCUT2D eigenvalue weighted by Crippen LogP contribution is -1.97. The van der Waals surface area contributed by atoms with Crippen LogP contribution in [-0.2, 0) is 0 Å². The number of hydrogen-bond donors (Lipinski definition) is 0. The lowest BCUT2D eigenvalue weighted by atomic mass is 9.85. The fourth-order valence-corrected chi connectivity index (χ4v) is 6.69. The summed E-state index contributed by atoms with van der Waals surface area (Å²) in [6, 6.07) is 51.6. The molecule has 0 aliphatic rings. The molecule has 4 nitrogen and oxygen atoms in total. The van der Waals surface area contributed by atoms with E-state index < -0.39 is 0 Å². The molecule has 0 radical (unpaired) electrons. The maximum Gasteiger partial charge on any atom is 0.114 e. The number of rotatable bonds is 4. The summed E-state index contributed by atoms with van der Waals surface area (Å²) >= 11 is 0. The molecule has 0 saturated carbocycles. The standard InChI is InChI=1S/C41H26N4/c1-2-10-32-29(8-1)9-7-15-33(32)41-36-13-5-3-11-34(36)40(35-12-4-6-14-37(35)41)30-18-21-38-39(26-30)44-45(43-38)31-19-16-27(17-20-31)28-22-24-42-25-23-28/h1-26H. The van der Waals surface area contributed by atoms with Crippen molar-refractivity contribution in [3.05, 3.63) is 158 Å². The third-order valence-electron chi connectivity index (χ3n) is 8.77. The van der Waals surface area contributed by atoms with Crippen LogP contribution in [0.5, 0.6) is 0 Å². The third kappa shape index (κ3) is 4.19. The van der Waals surface area contributed by atoms with Gasteiger partial charge in [-0.05, 0) is 102 Å². The highest BCUT2D eigenvalue weighted by molar-refractivity contribution is 6.23. The van der Waals surface area contributed by atoms with E-state index in [1.807, 2.05) is 24.5 Å². The lowest BCUT2D eigenvalue weighted by Gasteiger charge is -2.18. The first-order valence-electron chi connectivity index (χ1n) is 15.1. The van der Waals surface area contributed by atoms with E-state index in [-0.39, 0.29) is 0 Å². The largest absolute Gasteiger partial charge is 0.265 e. The molecule has 210 valence electrons. The number of hydrogen-bond acceptors (Lipinski definition) is 3. The van der Waals surface area contributed by atoms with Gasteiger partial charge in [0.15, 0.2) is 0 Å². The lowest BCUT2D eigenvalue weighted by molar-refractivity contribution is 0.766. The van der Waals surface area contributed by atoms with E-state index in [1.54, 1.807) is 4.80 Å². The van der Waals surface area contributed by atoms with Gasteiger partial charge in [-0.1, -0.05) is 109 Å². The number of benzene rings is 7. The van der Waals surface area contributed by atoms with Gasteiger partial charge >= 0.3 is 0 Å². The van der Waals surface area contributed by atoms with Gasteiger partial charge in [0.1, 0.15) is 11.0 Å². The van der Waals surface area contributed by atoms with E-state index in [2.05, 4.69) is 138 Å². The van der Waals surface area contributed by atoms with E-state index in [4.69, 9.17) is 10.2 Å². The Morgan fingerprint density at radius 2 is 0.956 bits per heavy atom. The quantitative estimate of drug-likeness (QED) is 0.196. The number of pyridine rings is 1. The van der Waals surface area contributed by atoms with E-state index in [9.17, 15) is 0 Å². The highest BCUT2D eigenvalue weighted by Crippen LogP contribution is 2.45. The molecule has 0 aliphatic carbocycles. The van der Waals surface area contributed by atoms with Crippen molar-refractivity contribution in [1.29, 1.82) is 0 Å². The second kappa shape index (κ2) is 10.2. The molecule has 0 spiro atoms. The van der Waals surface area contributed by atoms with E-state index in [1.165, 1.54) is 49.0 Å². The second-order valence-electron chi connectivity index (χ2n) is 11.3. The maximum atomic E-state index is 4.93. The minimum Gasteiger partial charge on any atom is -0.265 e. The van der Waals surface area contributed by atoms with Gasteiger partial charge in [0.05, 0.1) is 5.69 Å². The van der Waals surface area contributed by atoms with Crippen LogP contribution in [0.3, 0.4) is 0 Å². The van der Waals surface area contributed by atoms with E-state index in [0.717, 1.165) is 33.4 Å². The number of nitrogens with zero attached hydrogens (tertiary/aromatic N) is 4. The summed E-state index contributed by atoms with van der Waals surface area (Å²) in [7, 11) is 0. The molecular formula is C41H26N4. The molecule has 0 saturated heterocycles. The second-order valence-corrected chi connectivity index (χ2v) is 11.3. The molecule has 0 aliphatic heterocycles. The van der Waals surface area contributed by atoms with Crippen LogP contribution in [0.2, 0.25) is 0 Å². The molecular weight excluding hydrogens is 548 g/mol. The van der Waals surface area contributed by atoms with Crippen LogP contribution in [-0.4, -0.2) is 20.0 Å². The van der Waals surface area contributed by atoms with Crippen LogP contribution in [0.1, 0.15) is 0 Å². The smallest absolute Gasteiger partial charge is 0.114 e. The zero-order chi connectivity index (χ0) is 29.7. The van der Waals surface area contributed by atoms with Gasteiger partial charge in [-0.3, -0.25) is 4.98 Å². The van der Waals surface area contributed by atoms with Crippen molar-refractivity contribution in [2.45, 2.75) is 0 Å². The molecule has 9 rings (SSSR count). The molecule has 2 heterocycles. The Balaban J connectivity index is 1.22. The Kier molecular flexibility index (Phi) is 5.78. The summed E-state index contributed by atoms with van der Waals surface area (Å²) in [5, 5.41) is 17.2. The Morgan fingerprint density at radius 3 is 1.67 bits per heavy atom. The Hall–Kier alpha value is -6.13. The van der Waals surface area contributed by atoms with Crippen molar-refractivity contribution < 1.29 is 0 Å². The van der Waals surface area contributed by atoms with Crippen LogP contribution < -0.4 is 0 Å². The molecule has 9 aromatic rings. The van der Waals surface area contributed by atoms with Crippen molar-refractivity contribution in [2.75, 3.05) is 0 Å². The number of fused-ring (bicyclic) bond motifs is 4. The van der Waals surface area contributed by atoms with Gasteiger partial charge in [-0.25, -0.2) is 0 Å². The van der Waals surface area contributed by atoms with Gasteiger partial charge in [-0.15, -0.1) is 10.2 Å². The molecule has 0 amide bonds. The average Bonchev–Trinajstić information content (AvgIpc) is 3.54. The van der Waals surface area contributed by atoms with E-state index >= 15 is 0 Å². The summed E-state index contributed by atoms with van der Waals surface area (Å²) in [6.45, 7) is 0. The van der Waals surface area contributed by atoms with Crippen molar-refractivity contribution in [3.63, 3.8) is 0 Å². The van der Waals surface area contributed by atoms with Gasteiger partial charge in [0, 0.05) is 12.4 Å². The summed E-state index contributed by atoms with van der Waals surface area (Å²) < 4.78 is 0. The first-order valence-corrected chi connectivity index (χ1v) is 15.1. The van der Waals surface area contributed by atoms with Crippen molar-refractivity contribution in [1.82, 2.24) is 20.0 Å². The average molecular weight is 575 g/mol. The van der Waals surface area contributed by atoms with Crippen LogP contribution in [0, 0.1) is 0 Å². The highest BCUT2D eigenvalue weighted by Gasteiger charge is 2.18. The zero-order valence-corrected chi connectivity index (χ0v) is 24.3. The fraction of sp³-hybridized carbons (Fsp3) is 0. The number of aromatic nitrogens is 4. The zero-order valence-electron chi connectivity index (χ0n) is 24.3. The first kappa shape index (κ1) is 25.4.